The lowest BCUT2D eigenvalue weighted by molar-refractivity contribution is -0.167. The summed E-state index contributed by atoms with van der Waals surface area (Å²) < 4.78 is 16.8. The average Bonchev–Trinajstić information content (AvgIpc) is 3.26. The van der Waals surface area contributed by atoms with Crippen LogP contribution < -0.4 is 0 Å². The van der Waals surface area contributed by atoms with Gasteiger partial charge in [0.05, 0.1) is 0 Å². The molecular weight excluding hydrogens is 757 g/mol. The first kappa shape index (κ1) is 58.6. The number of hydrogen-bond donors (Lipinski definition) is 0. The van der Waals surface area contributed by atoms with Gasteiger partial charge in [-0.2, -0.15) is 0 Å². The summed E-state index contributed by atoms with van der Waals surface area (Å²) in [5.74, 6) is -0.881. The largest absolute Gasteiger partial charge is 0.462 e. The van der Waals surface area contributed by atoms with Gasteiger partial charge in [0.1, 0.15) is 13.2 Å². The molecule has 0 aromatic rings. The van der Waals surface area contributed by atoms with Crippen LogP contribution in [0.2, 0.25) is 0 Å². The van der Waals surface area contributed by atoms with Crippen LogP contribution in [0.15, 0.2) is 36.5 Å². The lowest BCUT2D eigenvalue weighted by Gasteiger charge is -2.18. The highest BCUT2D eigenvalue weighted by Gasteiger charge is 2.19. The molecule has 0 aliphatic carbocycles. The van der Waals surface area contributed by atoms with Crippen LogP contribution in [0.1, 0.15) is 278 Å². The van der Waals surface area contributed by atoms with Gasteiger partial charge < -0.3 is 14.2 Å². The minimum atomic E-state index is -0.775. The molecule has 6 heteroatoms. The lowest BCUT2D eigenvalue weighted by atomic mass is 10.0. The Morgan fingerprint density at radius 3 is 0.967 bits per heavy atom. The number of unbranched alkanes of at least 4 members (excludes halogenated alkanes) is 31. The lowest BCUT2D eigenvalue weighted by Crippen LogP contribution is -2.30. The fourth-order valence-electron chi connectivity index (χ4n) is 7.59. The van der Waals surface area contributed by atoms with Crippen LogP contribution in [0, 0.1) is 0 Å². The van der Waals surface area contributed by atoms with Crippen molar-refractivity contribution in [1.82, 2.24) is 0 Å². The van der Waals surface area contributed by atoms with Crippen LogP contribution in [-0.2, 0) is 28.6 Å². The van der Waals surface area contributed by atoms with Crippen LogP contribution in [0.4, 0.5) is 0 Å². The molecule has 0 spiro atoms. The van der Waals surface area contributed by atoms with Crippen molar-refractivity contribution in [2.75, 3.05) is 13.2 Å². The quantitative estimate of drug-likeness (QED) is 0.0262. The van der Waals surface area contributed by atoms with Gasteiger partial charge in [-0.1, -0.05) is 218 Å². The molecule has 0 saturated carbocycles. The summed E-state index contributed by atoms with van der Waals surface area (Å²) in [5.41, 5.74) is 0. The number of allylic oxidation sites excluding steroid dienone is 6. The molecule has 0 N–H and O–H groups in total. The van der Waals surface area contributed by atoms with Crippen molar-refractivity contribution in [2.45, 2.75) is 284 Å². The van der Waals surface area contributed by atoms with E-state index in [0.717, 1.165) is 77.0 Å². The van der Waals surface area contributed by atoms with E-state index < -0.39 is 6.10 Å². The number of carbonyl (C=O) groups excluding carboxylic acids is 3. The molecule has 0 aromatic heterocycles. The zero-order valence-electron chi connectivity index (χ0n) is 40.7. The maximum Gasteiger partial charge on any atom is 0.306 e. The zero-order chi connectivity index (χ0) is 44.4. The minimum absolute atomic E-state index is 0.0750. The fraction of sp³-hybridized carbons (Fsp3) is 0.836. The Hall–Kier alpha value is -2.37. The first-order chi connectivity index (χ1) is 30.0. The smallest absolute Gasteiger partial charge is 0.306 e. The minimum Gasteiger partial charge on any atom is -0.462 e. The molecule has 0 aliphatic heterocycles. The van der Waals surface area contributed by atoms with Crippen molar-refractivity contribution in [1.29, 1.82) is 0 Å². The molecule has 0 aliphatic rings. The van der Waals surface area contributed by atoms with Gasteiger partial charge in [0.15, 0.2) is 6.10 Å². The van der Waals surface area contributed by atoms with E-state index >= 15 is 0 Å². The molecule has 61 heavy (non-hydrogen) atoms. The molecule has 1 atom stereocenters. The summed E-state index contributed by atoms with van der Waals surface area (Å²) in [4.78, 5) is 38.0. The van der Waals surface area contributed by atoms with Crippen LogP contribution in [-0.4, -0.2) is 37.2 Å². The first-order valence-electron chi connectivity index (χ1n) is 26.5. The highest BCUT2D eigenvalue weighted by atomic mass is 16.6. The van der Waals surface area contributed by atoms with E-state index in [1.807, 2.05) is 0 Å². The van der Waals surface area contributed by atoms with Crippen molar-refractivity contribution in [2.24, 2.45) is 0 Å². The monoisotopic (exact) mass is 857 g/mol. The molecule has 0 unspecified atom stereocenters. The number of ether oxygens (including phenoxy) is 3. The summed E-state index contributed by atoms with van der Waals surface area (Å²) in [5, 5.41) is 0. The maximum absolute atomic E-state index is 12.8. The Morgan fingerprint density at radius 2 is 0.590 bits per heavy atom. The van der Waals surface area contributed by atoms with Gasteiger partial charge in [-0.25, -0.2) is 0 Å². The summed E-state index contributed by atoms with van der Waals surface area (Å²) in [7, 11) is 0. The third-order valence-corrected chi connectivity index (χ3v) is 11.6. The predicted octanol–water partition coefficient (Wildman–Crippen LogP) is 17.3. The van der Waals surface area contributed by atoms with E-state index in [4.69, 9.17) is 14.2 Å². The van der Waals surface area contributed by atoms with Gasteiger partial charge in [0.2, 0.25) is 0 Å². The van der Waals surface area contributed by atoms with Crippen molar-refractivity contribution in [3.05, 3.63) is 36.5 Å². The van der Waals surface area contributed by atoms with Crippen molar-refractivity contribution in [3.63, 3.8) is 0 Å². The van der Waals surface area contributed by atoms with E-state index in [1.54, 1.807) is 0 Å². The van der Waals surface area contributed by atoms with E-state index in [2.05, 4.69) is 57.2 Å². The molecule has 356 valence electrons. The second-order valence-corrected chi connectivity index (χ2v) is 17.8. The Bertz CT molecular complexity index is 1030. The summed E-state index contributed by atoms with van der Waals surface area (Å²) in [6.45, 7) is 6.60. The Labute approximate surface area is 378 Å². The SMILES string of the molecule is CCCCC/C=C/C/C=C/CCCCCCCCCC(=O)OC[C@@H](COC(=O)CCCCCCCCCCCCCCC)OC(=O)CCCCCCC/C=C/CCCCCC. The van der Waals surface area contributed by atoms with E-state index in [0.29, 0.717) is 19.3 Å². The average molecular weight is 857 g/mol. The molecule has 0 radical (unpaired) electrons. The Balaban J connectivity index is 4.36. The number of esters is 3. The topological polar surface area (TPSA) is 78.9 Å². The van der Waals surface area contributed by atoms with Crippen LogP contribution in [0.25, 0.3) is 0 Å². The second-order valence-electron chi connectivity index (χ2n) is 17.8. The molecular formula is C55H100O6. The van der Waals surface area contributed by atoms with Gasteiger partial charge >= 0.3 is 17.9 Å². The summed E-state index contributed by atoms with van der Waals surface area (Å²) >= 11 is 0. The van der Waals surface area contributed by atoms with Gasteiger partial charge in [-0.15, -0.1) is 0 Å². The molecule has 0 heterocycles. The summed E-state index contributed by atoms with van der Waals surface area (Å²) in [6, 6.07) is 0. The molecule has 0 fully saturated rings. The number of hydrogen-bond acceptors (Lipinski definition) is 6. The van der Waals surface area contributed by atoms with Gasteiger partial charge in [0, 0.05) is 19.3 Å². The predicted molar refractivity (Wildman–Crippen MR) is 261 cm³/mol. The van der Waals surface area contributed by atoms with Crippen molar-refractivity contribution in [3.8, 4) is 0 Å². The normalized spacial score (nSPS) is 12.2. The maximum atomic E-state index is 12.8. The molecule has 0 rings (SSSR count). The van der Waals surface area contributed by atoms with Crippen LogP contribution in [0.5, 0.6) is 0 Å². The van der Waals surface area contributed by atoms with Gasteiger partial charge in [-0.05, 0) is 77.0 Å². The van der Waals surface area contributed by atoms with E-state index in [1.165, 1.54) is 161 Å². The standard InChI is InChI=1S/C55H100O6/c1-4-7-10-13-16-19-22-25-26-27-28-31-33-36-39-42-45-48-54(57)60-51-52(61-55(58)49-46-43-40-37-34-30-24-21-18-15-12-9-6-3)50-59-53(56)47-44-41-38-35-32-29-23-20-17-14-11-8-5-2/h16,19,21,24-26,52H,4-15,17-18,20,22-23,27-51H2,1-3H3/b19-16+,24-21+,26-25+/t52-/m1/s1. The molecule has 0 bridgehead atoms. The molecule has 0 saturated heterocycles. The second kappa shape index (κ2) is 50.3. The van der Waals surface area contributed by atoms with E-state index in [-0.39, 0.29) is 31.1 Å². The zero-order valence-corrected chi connectivity index (χ0v) is 40.7. The van der Waals surface area contributed by atoms with Crippen LogP contribution >= 0.6 is 0 Å². The number of carbonyl (C=O) groups is 3. The Kier molecular flexibility index (Phi) is 48.3. The highest BCUT2D eigenvalue weighted by Crippen LogP contribution is 2.15. The first-order valence-corrected chi connectivity index (χ1v) is 26.5. The van der Waals surface area contributed by atoms with Gasteiger partial charge in [0.25, 0.3) is 0 Å². The third kappa shape index (κ3) is 48.5. The summed E-state index contributed by atoms with van der Waals surface area (Å²) in [6.07, 6.45) is 58.3. The Morgan fingerprint density at radius 1 is 0.328 bits per heavy atom. The third-order valence-electron chi connectivity index (χ3n) is 11.6. The van der Waals surface area contributed by atoms with Crippen molar-refractivity contribution < 1.29 is 28.6 Å². The van der Waals surface area contributed by atoms with Crippen LogP contribution in [0.3, 0.4) is 0 Å². The molecule has 0 aromatic carbocycles. The molecule has 6 nitrogen and oxygen atoms in total. The highest BCUT2D eigenvalue weighted by molar-refractivity contribution is 5.71. The molecule has 0 amide bonds. The fourth-order valence-corrected chi connectivity index (χ4v) is 7.59. The van der Waals surface area contributed by atoms with Gasteiger partial charge in [-0.3, -0.25) is 14.4 Å². The number of rotatable bonds is 48. The van der Waals surface area contributed by atoms with Crippen molar-refractivity contribution >= 4 is 17.9 Å². The van der Waals surface area contributed by atoms with E-state index in [9.17, 15) is 14.4 Å².